The van der Waals surface area contributed by atoms with Crippen molar-refractivity contribution in [2.24, 2.45) is 0 Å². The first-order valence-corrected chi connectivity index (χ1v) is 11.5. The van der Waals surface area contributed by atoms with Gasteiger partial charge in [-0.05, 0) is 36.6 Å². The molecule has 1 aliphatic carbocycles. The van der Waals surface area contributed by atoms with Gasteiger partial charge in [0.2, 0.25) is 15.9 Å². The zero-order chi connectivity index (χ0) is 22.2. The molecule has 1 amide bonds. The summed E-state index contributed by atoms with van der Waals surface area (Å²) >= 11 is 0. The molecule has 0 bridgehead atoms. The number of nitro benzene ring substituents is 1. The van der Waals surface area contributed by atoms with Gasteiger partial charge in [0.05, 0.1) is 15.2 Å². The van der Waals surface area contributed by atoms with Crippen LogP contribution in [-0.2, 0) is 20.2 Å². The predicted molar refractivity (Wildman–Crippen MR) is 110 cm³/mol. The Kier molecular flexibility index (Phi) is 5.52. The smallest absolute Gasteiger partial charge is 0.270 e. The molecular formula is C21H22FN3O5S. The number of carbonyl (C=O) groups is 1. The maximum absolute atomic E-state index is 13.7. The molecule has 1 saturated heterocycles. The molecule has 2 aromatic rings. The lowest BCUT2D eigenvalue weighted by Gasteiger charge is -2.45. The van der Waals surface area contributed by atoms with Crippen molar-refractivity contribution in [3.05, 3.63) is 70.0 Å². The average molecular weight is 447 g/mol. The van der Waals surface area contributed by atoms with Crippen LogP contribution in [0.4, 0.5) is 10.1 Å². The molecule has 2 aliphatic rings. The van der Waals surface area contributed by atoms with Crippen LogP contribution in [0.3, 0.4) is 0 Å². The molecule has 31 heavy (non-hydrogen) atoms. The van der Waals surface area contributed by atoms with Crippen LogP contribution in [0.25, 0.3) is 0 Å². The van der Waals surface area contributed by atoms with E-state index in [0.717, 1.165) is 12.5 Å². The third kappa shape index (κ3) is 3.81. The Morgan fingerprint density at radius 1 is 1.03 bits per heavy atom. The quantitative estimate of drug-likeness (QED) is 0.518. The first kappa shape index (κ1) is 21.4. The molecule has 8 nitrogen and oxygen atoms in total. The van der Waals surface area contributed by atoms with Crippen LogP contribution < -0.4 is 0 Å². The summed E-state index contributed by atoms with van der Waals surface area (Å²) in [5, 5.41) is 11.0. The molecule has 2 aromatic carbocycles. The van der Waals surface area contributed by atoms with Crippen molar-refractivity contribution in [2.45, 2.75) is 29.6 Å². The van der Waals surface area contributed by atoms with Crippen molar-refractivity contribution < 1.29 is 22.5 Å². The molecule has 0 radical (unpaired) electrons. The Morgan fingerprint density at radius 3 is 2.29 bits per heavy atom. The molecule has 1 heterocycles. The standard InChI is InChI=1S/C21H22FN3O5S/c22-17-5-1-4-16(14-17)21(8-3-9-21)20(26)23-10-12-24(13-11-23)31(29,30)19-7-2-6-18(15-19)25(27)28/h1-2,4-7,14-15H,3,8-13H2. The lowest BCUT2D eigenvalue weighted by atomic mass is 9.63. The van der Waals surface area contributed by atoms with Gasteiger partial charge in [0.1, 0.15) is 5.82 Å². The number of nitro groups is 1. The summed E-state index contributed by atoms with van der Waals surface area (Å²) in [5.41, 5.74) is -0.379. The Labute approximate surface area is 179 Å². The van der Waals surface area contributed by atoms with E-state index in [4.69, 9.17) is 0 Å². The highest BCUT2D eigenvalue weighted by atomic mass is 32.2. The monoisotopic (exact) mass is 447 g/mol. The lowest BCUT2D eigenvalue weighted by molar-refractivity contribution is -0.385. The van der Waals surface area contributed by atoms with Crippen molar-refractivity contribution in [3.63, 3.8) is 0 Å². The minimum atomic E-state index is -3.91. The summed E-state index contributed by atoms with van der Waals surface area (Å²) in [6.45, 7) is 0.611. The fraction of sp³-hybridized carbons (Fsp3) is 0.381. The number of benzene rings is 2. The Hall–Kier alpha value is -2.85. The van der Waals surface area contributed by atoms with Crippen LogP contribution in [0.5, 0.6) is 0 Å². The topological polar surface area (TPSA) is 101 Å². The van der Waals surface area contributed by atoms with Gasteiger partial charge in [0, 0.05) is 38.3 Å². The van der Waals surface area contributed by atoms with E-state index in [1.54, 1.807) is 17.0 Å². The number of hydrogen-bond donors (Lipinski definition) is 0. The molecule has 0 N–H and O–H groups in total. The highest BCUT2D eigenvalue weighted by Gasteiger charge is 2.48. The third-order valence-electron chi connectivity index (χ3n) is 6.19. The van der Waals surface area contributed by atoms with Gasteiger partial charge >= 0.3 is 0 Å². The van der Waals surface area contributed by atoms with E-state index in [0.29, 0.717) is 18.4 Å². The van der Waals surface area contributed by atoms with Crippen molar-refractivity contribution in [3.8, 4) is 0 Å². The maximum Gasteiger partial charge on any atom is 0.270 e. The largest absolute Gasteiger partial charge is 0.339 e. The Bertz CT molecular complexity index is 1130. The fourth-order valence-electron chi connectivity index (χ4n) is 4.28. The molecule has 4 rings (SSSR count). The van der Waals surface area contributed by atoms with Crippen molar-refractivity contribution >= 4 is 21.6 Å². The van der Waals surface area contributed by atoms with Crippen LogP contribution in [0.2, 0.25) is 0 Å². The second-order valence-corrected chi connectivity index (χ2v) is 9.83. The zero-order valence-corrected chi connectivity index (χ0v) is 17.6. The second kappa shape index (κ2) is 8.01. The van der Waals surface area contributed by atoms with E-state index in [-0.39, 0.29) is 48.5 Å². The van der Waals surface area contributed by atoms with Crippen LogP contribution in [0, 0.1) is 15.9 Å². The summed E-state index contributed by atoms with van der Waals surface area (Å²) in [6.07, 6.45) is 2.16. The summed E-state index contributed by atoms with van der Waals surface area (Å²) in [7, 11) is -3.91. The second-order valence-electron chi connectivity index (χ2n) is 7.90. The van der Waals surface area contributed by atoms with E-state index in [1.165, 1.54) is 34.6 Å². The van der Waals surface area contributed by atoms with Crippen LogP contribution in [0.15, 0.2) is 53.4 Å². The van der Waals surface area contributed by atoms with E-state index in [9.17, 15) is 27.7 Å². The Morgan fingerprint density at radius 2 is 1.71 bits per heavy atom. The van der Waals surface area contributed by atoms with E-state index in [2.05, 4.69) is 0 Å². The van der Waals surface area contributed by atoms with Gasteiger partial charge in [-0.15, -0.1) is 0 Å². The first-order valence-electron chi connectivity index (χ1n) is 10.0. The highest BCUT2D eigenvalue weighted by Crippen LogP contribution is 2.45. The van der Waals surface area contributed by atoms with Gasteiger partial charge < -0.3 is 4.90 Å². The van der Waals surface area contributed by atoms with E-state index < -0.39 is 20.4 Å². The molecule has 1 saturated carbocycles. The number of halogens is 1. The molecule has 0 unspecified atom stereocenters. The van der Waals surface area contributed by atoms with E-state index in [1.807, 2.05) is 0 Å². The number of nitrogens with zero attached hydrogens (tertiary/aromatic N) is 3. The number of hydrogen-bond acceptors (Lipinski definition) is 5. The number of non-ortho nitro benzene ring substituents is 1. The number of carbonyl (C=O) groups excluding carboxylic acids is 1. The molecule has 10 heteroatoms. The molecule has 0 aromatic heterocycles. The number of amides is 1. The predicted octanol–water partition coefficient (Wildman–Crippen LogP) is 2.69. The molecular weight excluding hydrogens is 425 g/mol. The average Bonchev–Trinajstić information content (AvgIpc) is 2.73. The first-order chi connectivity index (χ1) is 14.7. The van der Waals surface area contributed by atoms with Gasteiger partial charge in [-0.2, -0.15) is 4.31 Å². The zero-order valence-electron chi connectivity index (χ0n) is 16.7. The van der Waals surface area contributed by atoms with Gasteiger partial charge in [-0.1, -0.05) is 24.6 Å². The number of sulfonamides is 1. The van der Waals surface area contributed by atoms with Crippen LogP contribution >= 0.6 is 0 Å². The van der Waals surface area contributed by atoms with E-state index >= 15 is 0 Å². The van der Waals surface area contributed by atoms with Crippen molar-refractivity contribution in [1.82, 2.24) is 9.21 Å². The normalized spacial score (nSPS) is 18.9. The fourth-order valence-corrected chi connectivity index (χ4v) is 5.75. The molecule has 164 valence electrons. The molecule has 0 spiro atoms. The van der Waals surface area contributed by atoms with Crippen LogP contribution in [-0.4, -0.2) is 54.6 Å². The number of rotatable bonds is 5. The van der Waals surface area contributed by atoms with Crippen LogP contribution in [0.1, 0.15) is 24.8 Å². The lowest BCUT2D eigenvalue weighted by Crippen LogP contribution is -2.57. The highest BCUT2D eigenvalue weighted by molar-refractivity contribution is 7.89. The molecule has 2 fully saturated rings. The summed E-state index contributed by atoms with van der Waals surface area (Å²) in [5.74, 6) is -0.485. The number of piperazine rings is 1. The maximum atomic E-state index is 13.7. The third-order valence-corrected chi connectivity index (χ3v) is 8.08. The SMILES string of the molecule is O=C(N1CCN(S(=O)(=O)c2cccc([N+](=O)[O-])c2)CC1)C1(c2cccc(F)c2)CCC1. The summed E-state index contributed by atoms with van der Waals surface area (Å²) < 4.78 is 40.8. The van der Waals surface area contributed by atoms with Gasteiger partial charge in [-0.25, -0.2) is 12.8 Å². The summed E-state index contributed by atoms with van der Waals surface area (Å²) in [4.78, 5) is 25.2. The Balaban J connectivity index is 1.49. The van der Waals surface area contributed by atoms with Gasteiger partial charge in [0.25, 0.3) is 5.69 Å². The van der Waals surface area contributed by atoms with Gasteiger partial charge in [0.15, 0.2) is 0 Å². The van der Waals surface area contributed by atoms with Crippen molar-refractivity contribution in [1.29, 1.82) is 0 Å². The van der Waals surface area contributed by atoms with Gasteiger partial charge in [-0.3, -0.25) is 14.9 Å². The minimum Gasteiger partial charge on any atom is -0.339 e. The minimum absolute atomic E-state index is 0.0933. The van der Waals surface area contributed by atoms with Crippen molar-refractivity contribution in [2.75, 3.05) is 26.2 Å². The molecule has 1 aliphatic heterocycles. The molecule has 0 atom stereocenters. The summed E-state index contributed by atoms with van der Waals surface area (Å²) in [6, 6.07) is 11.1.